The molecule has 4 nitrogen and oxygen atoms in total. The molecule has 3 aromatic rings. The van der Waals surface area contributed by atoms with E-state index in [1.54, 1.807) is 0 Å². The number of likely N-dealkylation sites (tertiary alicyclic amines) is 1. The molecule has 4 heteroatoms. The normalized spacial score (nSPS) is 20.6. The van der Waals surface area contributed by atoms with E-state index in [0.29, 0.717) is 5.92 Å². The molecule has 128 valence electrons. The summed E-state index contributed by atoms with van der Waals surface area (Å²) in [6, 6.07) is 14.2. The number of fused-ring (bicyclic) bond motifs is 1. The number of hydrogen-bond donors (Lipinski definition) is 1. The average molecular weight is 333 g/mol. The van der Waals surface area contributed by atoms with Gasteiger partial charge in [-0.2, -0.15) is 0 Å². The number of aromatic amines is 1. The summed E-state index contributed by atoms with van der Waals surface area (Å²) in [4.78, 5) is 21.9. The van der Waals surface area contributed by atoms with Crippen molar-refractivity contribution in [3.8, 4) is 0 Å². The van der Waals surface area contributed by atoms with Gasteiger partial charge in [0.15, 0.2) is 0 Å². The summed E-state index contributed by atoms with van der Waals surface area (Å²) < 4.78 is 0. The number of nitrogens with zero attached hydrogens (tertiary/aromatic N) is 2. The molecule has 1 aliphatic rings. The summed E-state index contributed by atoms with van der Waals surface area (Å²) in [6.45, 7) is 4.81. The monoisotopic (exact) mass is 333 g/mol. The maximum absolute atomic E-state index is 11.9. The van der Waals surface area contributed by atoms with Crippen LogP contribution in [0.2, 0.25) is 0 Å². The first-order valence-electron chi connectivity index (χ1n) is 8.86. The van der Waals surface area contributed by atoms with Crippen LogP contribution in [-0.4, -0.2) is 40.8 Å². The van der Waals surface area contributed by atoms with Gasteiger partial charge >= 0.3 is 0 Å². The van der Waals surface area contributed by atoms with E-state index in [1.807, 2.05) is 49.5 Å². The number of benzene rings is 1. The van der Waals surface area contributed by atoms with Gasteiger partial charge in [0.2, 0.25) is 0 Å². The van der Waals surface area contributed by atoms with Crippen LogP contribution in [-0.2, 0) is 10.2 Å². The maximum Gasteiger partial charge on any atom is 0.137 e. The van der Waals surface area contributed by atoms with E-state index in [1.165, 1.54) is 10.9 Å². The van der Waals surface area contributed by atoms with Crippen molar-refractivity contribution in [1.29, 1.82) is 0 Å². The molecule has 1 aromatic carbocycles. The Labute approximate surface area is 147 Å². The van der Waals surface area contributed by atoms with Crippen LogP contribution in [0.3, 0.4) is 0 Å². The minimum Gasteiger partial charge on any atom is -0.346 e. The van der Waals surface area contributed by atoms with Crippen LogP contribution in [0.15, 0.2) is 54.9 Å². The molecule has 4 rings (SSSR count). The zero-order valence-electron chi connectivity index (χ0n) is 14.5. The smallest absolute Gasteiger partial charge is 0.137 e. The summed E-state index contributed by atoms with van der Waals surface area (Å²) in [7, 11) is 0. The molecule has 1 aliphatic heterocycles. The van der Waals surface area contributed by atoms with Crippen LogP contribution < -0.4 is 0 Å². The standard InChI is InChI=1S/C21H23N3O/c1-21(15-25,17-6-3-2-4-7-17)14-24-11-9-16(13-24)19-12-23-20-18(19)8-5-10-22-20/h2-8,10,12,15-16H,9,11,13-14H2,1H3,(H,22,23). The molecule has 0 saturated carbocycles. The highest BCUT2D eigenvalue weighted by Gasteiger charge is 2.33. The second-order valence-corrected chi connectivity index (χ2v) is 7.27. The number of pyridine rings is 1. The van der Waals surface area contributed by atoms with E-state index in [4.69, 9.17) is 0 Å². The lowest BCUT2D eigenvalue weighted by Crippen LogP contribution is -2.39. The molecule has 2 aromatic heterocycles. The Balaban J connectivity index is 1.52. The van der Waals surface area contributed by atoms with E-state index in [2.05, 4.69) is 27.1 Å². The Morgan fingerprint density at radius 2 is 2.12 bits per heavy atom. The second kappa shape index (κ2) is 6.45. The molecule has 1 N–H and O–H groups in total. The molecule has 2 unspecified atom stereocenters. The Kier molecular flexibility index (Phi) is 4.14. The molecule has 1 fully saturated rings. The van der Waals surface area contributed by atoms with Crippen LogP contribution in [0.5, 0.6) is 0 Å². The fraction of sp³-hybridized carbons (Fsp3) is 0.333. The third-order valence-corrected chi connectivity index (χ3v) is 5.44. The Morgan fingerprint density at radius 1 is 1.28 bits per heavy atom. The molecular weight excluding hydrogens is 310 g/mol. The van der Waals surface area contributed by atoms with E-state index in [-0.39, 0.29) is 0 Å². The minimum absolute atomic E-state index is 0.460. The highest BCUT2D eigenvalue weighted by Crippen LogP contribution is 2.33. The summed E-state index contributed by atoms with van der Waals surface area (Å²) in [5, 5.41) is 1.22. The van der Waals surface area contributed by atoms with Gasteiger partial charge in [-0.05, 0) is 49.1 Å². The van der Waals surface area contributed by atoms with Crippen molar-refractivity contribution < 1.29 is 4.79 Å². The Bertz CT molecular complexity index is 873. The number of rotatable bonds is 5. The average Bonchev–Trinajstić information content (AvgIpc) is 3.29. The van der Waals surface area contributed by atoms with Crippen LogP contribution >= 0.6 is 0 Å². The highest BCUT2D eigenvalue weighted by atomic mass is 16.1. The van der Waals surface area contributed by atoms with Crippen molar-refractivity contribution in [1.82, 2.24) is 14.9 Å². The van der Waals surface area contributed by atoms with E-state index in [0.717, 1.165) is 43.6 Å². The molecule has 25 heavy (non-hydrogen) atoms. The lowest BCUT2D eigenvalue weighted by Gasteiger charge is -2.29. The van der Waals surface area contributed by atoms with Crippen LogP contribution in [0, 0.1) is 0 Å². The van der Waals surface area contributed by atoms with Gasteiger partial charge in [0.25, 0.3) is 0 Å². The first kappa shape index (κ1) is 16.0. The van der Waals surface area contributed by atoms with Crippen molar-refractivity contribution in [2.24, 2.45) is 0 Å². The van der Waals surface area contributed by atoms with Crippen LogP contribution in [0.4, 0.5) is 0 Å². The fourth-order valence-corrected chi connectivity index (χ4v) is 4.03. The SMILES string of the molecule is CC(C=O)(CN1CCC(c2c[nH]c3ncccc23)C1)c1ccccc1. The molecule has 0 amide bonds. The predicted octanol–water partition coefficient (Wildman–Crippen LogP) is 3.51. The number of aldehydes is 1. The van der Waals surface area contributed by atoms with Gasteiger partial charge < -0.3 is 14.7 Å². The highest BCUT2D eigenvalue weighted by molar-refractivity contribution is 5.80. The minimum atomic E-state index is -0.460. The molecule has 0 spiro atoms. The van der Waals surface area contributed by atoms with Crippen molar-refractivity contribution in [2.75, 3.05) is 19.6 Å². The molecule has 2 atom stereocenters. The van der Waals surface area contributed by atoms with Gasteiger partial charge in [-0.3, -0.25) is 0 Å². The predicted molar refractivity (Wildman–Crippen MR) is 99.7 cm³/mol. The number of H-pyrrole nitrogens is 1. The van der Waals surface area contributed by atoms with Gasteiger partial charge in [0, 0.05) is 30.9 Å². The lowest BCUT2D eigenvalue weighted by molar-refractivity contribution is -0.112. The zero-order valence-corrected chi connectivity index (χ0v) is 14.5. The maximum atomic E-state index is 11.9. The van der Waals surface area contributed by atoms with Crippen molar-refractivity contribution in [3.05, 3.63) is 66.0 Å². The molecule has 3 heterocycles. The number of carbonyl (C=O) groups excluding carboxylic acids is 1. The van der Waals surface area contributed by atoms with E-state index < -0.39 is 5.41 Å². The van der Waals surface area contributed by atoms with Crippen LogP contribution in [0.25, 0.3) is 11.0 Å². The number of nitrogens with one attached hydrogen (secondary N) is 1. The molecule has 0 bridgehead atoms. The van der Waals surface area contributed by atoms with Crippen LogP contribution in [0.1, 0.15) is 30.4 Å². The van der Waals surface area contributed by atoms with Crippen molar-refractivity contribution in [3.63, 3.8) is 0 Å². The first-order chi connectivity index (χ1) is 12.2. The third kappa shape index (κ3) is 2.98. The third-order valence-electron chi connectivity index (χ3n) is 5.44. The number of aromatic nitrogens is 2. The summed E-state index contributed by atoms with van der Waals surface area (Å²) in [5.41, 5.74) is 2.93. The second-order valence-electron chi connectivity index (χ2n) is 7.27. The molecule has 0 aliphatic carbocycles. The van der Waals surface area contributed by atoms with Crippen molar-refractivity contribution >= 4 is 17.3 Å². The van der Waals surface area contributed by atoms with Gasteiger partial charge in [-0.15, -0.1) is 0 Å². The Hall–Kier alpha value is -2.46. The number of hydrogen-bond acceptors (Lipinski definition) is 3. The molecule has 1 saturated heterocycles. The van der Waals surface area contributed by atoms with Gasteiger partial charge in [0.1, 0.15) is 11.9 Å². The summed E-state index contributed by atoms with van der Waals surface area (Å²) in [6.07, 6.45) is 6.14. The fourth-order valence-electron chi connectivity index (χ4n) is 4.03. The van der Waals surface area contributed by atoms with Gasteiger partial charge in [0.05, 0.1) is 5.41 Å². The lowest BCUT2D eigenvalue weighted by atomic mass is 9.83. The number of carbonyl (C=O) groups is 1. The summed E-state index contributed by atoms with van der Waals surface area (Å²) >= 11 is 0. The first-order valence-corrected chi connectivity index (χ1v) is 8.86. The van der Waals surface area contributed by atoms with Crippen molar-refractivity contribution in [2.45, 2.75) is 24.7 Å². The van der Waals surface area contributed by atoms with E-state index in [9.17, 15) is 4.79 Å². The molecular formula is C21H23N3O. The summed E-state index contributed by atoms with van der Waals surface area (Å²) in [5.74, 6) is 0.490. The quantitative estimate of drug-likeness (QED) is 0.727. The zero-order chi connectivity index (χ0) is 17.3. The molecule has 0 radical (unpaired) electrons. The largest absolute Gasteiger partial charge is 0.346 e. The van der Waals surface area contributed by atoms with E-state index >= 15 is 0 Å². The topological polar surface area (TPSA) is 49.0 Å². The van der Waals surface area contributed by atoms with Gasteiger partial charge in [-0.25, -0.2) is 4.98 Å². The Morgan fingerprint density at radius 3 is 2.92 bits per heavy atom. The van der Waals surface area contributed by atoms with Gasteiger partial charge in [-0.1, -0.05) is 30.3 Å².